The van der Waals surface area contributed by atoms with Gasteiger partial charge in [-0.3, -0.25) is 15.0 Å². The van der Waals surface area contributed by atoms with Gasteiger partial charge in [-0.15, -0.1) is 12.4 Å². The van der Waals surface area contributed by atoms with Gasteiger partial charge < -0.3 is 10.6 Å². The topological polar surface area (TPSA) is 73.5 Å². The second-order valence-electron chi connectivity index (χ2n) is 4.01. The highest BCUT2D eigenvalue weighted by Crippen LogP contribution is 2.12. The molecule has 2 unspecified atom stereocenters. The molecular weight excluding hydrogens is 244 g/mol. The Balaban J connectivity index is 0.00000256. The van der Waals surface area contributed by atoms with Crippen LogP contribution in [0.5, 0.6) is 0 Å². The van der Waals surface area contributed by atoms with Crippen LogP contribution in [0.25, 0.3) is 0 Å². The third kappa shape index (κ3) is 4.49. The molecule has 0 bridgehead atoms. The van der Waals surface area contributed by atoms with Crippen LogP contribution in [0.2, 0.25) is 0 Å². The van der Waals surface area contributed by atoms with Gasteiger partial charge in [-0.1, -0.05) is 0 Å². The van der Waals surface area contributed by atoms with E-state index in [1.54, 1.807) is 0 Å². The van der Waals surface area contributed by atoms with Crippen LogP contribution in [-0.4, -0.2) is 56.1 Å². The summed E-state index contributed by atoms with van der Waals surface area (Å²) in [6, 6.07) is -0.285. The van der Waals surface area contributed by atoms with E-state index in [2.05, 4.69) is 20.9 Å². The summed E-state index contributed by atoms with van der Waals surface area (Å²) in [6.07, 6.45) is 1.04. The molecule has 3 N–H and O–H groups in total. The lowest BCUT2D eigenvalue weighted by atomic mass is 10.2. The second kappa shape index (κ2) is 7.47. The van der Waals surface area contributed by atoms with Crippen LogP contribution >= 0.6 is 12.4 Å². The molecule has 1 aliphatic heterocycles. The molecule has 0 radical (unpaired) electrons. The van der Waals surface area contributed by atoms with Crippen molar-refractivity contribution in [3.05, 3.63) is 0 Å². The molecule has 0 aliphatic carbocycles. The maximum atomic E-state index is 11.7. The van der Waals surface area contributed by atoms with Gasteiger partial charge in [0.15, 0.2) is 0 Å². The molecule has 0 spiro atoms. The molecule has 1 heterocycles. The van der Waals surface area contributed by atoms with Crippen molar-refractivity contribution in [3.8, 4) is 0 Å². The molecule has 0 saturated carbocycles. The molecule has 2 atom stereocenters. The molecule has 1 fully saturated rings. The van der Waals surface area contributed by atoms with Crippen molar-refractivity contribution in [1.29, 1.82) is 0 Å². The SMILES string of the molecule is CNC(=O)NC(=O)C(C)N1CCC(NC)C1.Cl. The fraction of sp³-hybridized carbons (Fsp3) is 0.800. The number of nitrogens with zero attached hydrogens (tertiary/aromatic N) is 1. The van der Waals surface area contributed by atoms with Crippen molar-refractivity contribution >= 4 is 24.3 Å². The fourth-order valence-corrected chi connectivity index (χ4v) is 1.82. The summed E-state index contributed by atoms with van der Waals surface area (Å²) in [5.74, 6) is -0.254. The Morgan fingerprint density at radius 2 is 2.00 bits per heavy atom. The van der Waals surface area contributed by atoms with Crippen LogP contribution in [0.4, 0.5) is 4.79 Å². The molecule has 0 aromatic heterocycles. The second-order valence-corrected chi connectivity index (χ2v) is 4.01. The molecule has 17 heavy (non-hydrogen) atoms. The van der Waals surface area contributed by atoms with Gasteiger partial charge in [0.1, 0.15) is 0 Å². The Labute approximate surface area is 108 Å². The largest absolute Gasteiger partial charge is 0.341 e. The Hall–Kier alpha value is -0.850. The Morgan fingerprint density at radius 3 is 2.47 bits per heavy atom. The number of rotatable bonds is 3. The van der Waals surface area contributed by atoms with E-state index in [-0.39, 0.29) is 24.4 Å². The Kier molecular flexibility index (Phi) is 7.10. The minimum Gasteiger partial charge on any atom is -0.341 e. The molecule has 6 nitrogen and oxygen atoms in total. The zero-order chi connectivity index (χ0) is 12.1. The van der Waals surface area contributed by atoms with Crippen molar-refractivity contribution in [2.24, 2.45) is 0 Å². The first-order chi connectivity index (χ1) is 7.58. The van der Waals surface area contributed by atoms with E-state index < -0.39 is 6.03 Å². The maximum absolute atomic E-state index is 11.7. The predicted octanol–water partition coefficient (Wildman–Crippen LogP) is -0.454. The third-order valence-electron chi connectivity index (χ3n) is 3.02. The fourth-order valence-electron chi connectivity index (χ4n) is 1.82. The number of nitrogens with one attached hydrogen (secondary N) is 3. The highest BCUT2D eigenvalue weighted by Gasteiger charge is 2.29. The van der Waals surface area contributed by atoms with Gasteiger partial charge in [0.2, 0.25) is 5.91 Å². The van der Waals surface area contributed by atoms with Gasteiger partial charge in [0, 0.05) is 26.2 Å². The number of hydrogen-bond acceptors (Lipinski definition) is 4. The number of carbonyl (C=O) groups is 2. The summed E-state index contributed by atoms with van der Waals surface area (Å²) >= 11 is 0. The van der Waals surface area contributed by atoms with E-state index in [0.717, 1.165) is 19.5 Å². The molecule has 0 aromatic carbocycles. The smallest absolute Gasteiger partial charge is 0.321 e. The quantitative estimate of drug-likeness (QED) is 0.645. The highest BCUT2D eigenvalue weighted by atomic mass is 35.5. The van der Waals surface area contributed by atoms with Gasteiger partial charge in [-0.25, -0.2) is 4.79 Å². The Bertz CT molecular complexity index is 275. The van der Waals surface area contributed by atoms with Crippen LogP contribution < -0.4 is 16.0 Å². The summed E-state index contributed by atoms with van der Waals surface area (Å²) in [5.41, 5.74) is 0. The van der Waals surface area contributed by atoms with Crippen molar-refractivity contribution in [2.75, 3.05) is 27.2 Å². The van der Waals surface area contributed by atoms with Gasteiger partial charge in [-0.05, 0) is 20.4 Å². The van der Waals surface area contributed by atoms with Gasteiger partial charge in [0.05, 0.1) is 6.04 Å². The molecule has 7 heteroatoms. The van der Waals surface area contributed by atoms with Crippen LogP contribution in [0.15, 0.2) is 0 Å². The predicted molar refractivity (Wildman–Crippen MR) is 68.3 cm³/mol. The first-order valence-corrected chi connectivity index (χ1v) is 5.52. The first kappa shape index (κ1) is 16.1. The van der Waals surface area contributed by atoms with E-state index in [1.807, 2.05) is 14.0 Å². The minimum atomic E-state index is -0.457. The molecule has 1 aliphatic rings. The normalized spacial score (nSPS) is 21.5. The lowest BCUT2D eigenvalue weighted by molar-refractivity contribution is -0.124. The highest BCUT2D eigenvalue weighted by molar-refractivity contribution is 5.96. The maximum Gasteiger partial charge on any atom is 0.321 e. The van der Waals surface area contributed by atoms with Crippen molar-refractivity contribution in [2.45, 2.75) is 25.4 Å². The van der Waals surface area contributed by atoms with E-state index in [1.165, 1.54) is 7.05 Å². The lowest BCUT2D eigenvalue weighted by Gasteiger charge is -2.22. The van der Waals surface area contributed by atoms with Crippen molar-refractivity contribution in [3.63, 3.8) is 0 Å². The summed E-state index contributed by atoms with van der Waals surface area (Å²) in [5, 5.41) is 7.83. The van der Waals surface area contributed by atoms with E-state index in [9.17, 15) is 9.59 Å². The number of likely N-dealkylation sites (N-methyl/N-ethyl adjacent to an activating group) is 1. The summed E-state index contributed by atoms with van der Waals surface area (Å²) in [7, 11) is 3.41. The third-order valence-corrected chi connectivity index (χ3v) is 3.02. The molecule has 3 amide bonds. The van der Waals surface area contributed by atoms with Gasteiger partial charge in [-0.2, -0.15) is 0 Å². The standard InChI is InChI=1S/C10H20N4O2.ClH/c1-7(9(15)13-10(16)12-3)14-5-4-8(6-14)11-2;/h7-8,11H,4-6H2,1-3H3,(H2,12,13,15,16);1H. The van der Waals surface area contributed by atoms with Gasteiger partial charge >= 0.3 is 6.03 Å². The average molecular weight is 265 g/mol. The molecule has 0 aromatic rings. The number of halogens is 1. The monoisotopic (exact) mass is 264 g/mol. The molecule has 1 saturated heterocycles. The number of urea groups is 1. The number of imide groups is 1. The molecule has 100 valence electrons. The van der Waals surface area contributed by atoms with E-state index >= 15 is 0 Å². The summed E-state index contributed by atoms with van der Waals surface area (Å²) in [4.78, 5) is 24.7. The first-order valence-electron chi connectivity index (χ1n) is 5.52. The van der Waals surface area contributed by atoms with Crippen LogP contribution in [0, 0.1) is 0 Å². The summed E-state index contributed by atoms with van der Waals surface area (Å²) in [6.45, 7) is 3.54. The van der Waals surface area contributed by atoms with Crippen LogP contribution in [0.1, 0.15) is 13.3 Å². The van der Waals surface area contributed by atoms with Crippen LogP contribution in [-0.2, 0) is 4.79 Å². The number of amides is 3. The summed E-state index contributed by atoms with van der Waals surface area (Å²) < 4.78 is 0. The zero-order valence-corrected chi connectivity index (χ0v) is 11.3. The van der Waals surface area contributed by atoms with Crippen molar-refractivity contribution in [1.82, 2.24) is 20.9 Å². The lowest BCUT2D eigenvalue weighted by Crippen LogP contribution is -2.48. The zero-order valence-electron chi connectivity index (χ0n) is 10.4. The average Bonchev–Trinajstić information content (AvgIpc) is 2.76. The minimum absolute atomic E-state index is 0. The van der Waals surface area contributed by atoms with Crippen LogP contribution in [0.3, 0.4) is 0 Å². The van der Waals surface area contributed by atoms with Crippen molar-refractivity contribution < 1.29 is 9.59 Å². The Morgan fingerprint density at radius 1 is 1.35 bits per heavy atom. The number of likely N-dealkylation sites (tertiary alicyclic amines) is 1. The molecular formula is C10H21ClN4O2. The molecule has 1 rings (SSSR count). The van der Waals surface area contributed by atoms with Gasteiger partial charge in [0.25, 0.3) is 0 Å². The number of hydrogen-bond donors (Lipinski definition) is 3. The number of carbonyl (C=O) groups excluding carboxylic acids is 2. The van der Waals surface area contributed by atoms with E-state index in [0.29, 0.717) is 6.04 Å². The van der Waals surface area contributed by atoms with E-state index in [4.69, 9.17) is 0 Å².